The van der Waals surface area contributed by atoms with Gasteiger partial charge in [-0.25, -0.2) is 4.79 Å². The number of benzene rings is 1. The van der Waals surface area contributed by atoms with Crippen LogP contribution in [-0.4, -0.2) is 33.8 Å². The lowest BCUT2D eigenvalue weighted by molar-refractivity contribution is 0.0318. The molecule has 2 unspecified atom stereocenters. The molecule has 2 aromatic rings. The largest absolute Gasteiger partial charge is 0.508 e. The molecule has 0 saturated carbocycles. The summed E-state index contributed by atoms with van der Waals surface area (Å²) in [4.78, 5) is 14.1. The number of phenols is 1. The average molecular weight is 317 g/mol. The van der Waals surface area contributed by atoms with Gasteiger partial charge in [-0.3, -0.25) is 4.90 Å². The van der Waals surface area contributed by atoms with E-state index in [1.54, 1.807) is 19.1 Å². The van der Waals surface area contributed by atoms with Crippen LogP contribution in [-0.2, 0) is 6.54 Å². The normalized spacial score (nSPS) is 20.7. The molecule has 5 nitrogen and oxygen atoms in total. The maximum Gasteiger partial charge on any atom is 0.336 e. The van der Waals surface area contributed by atoms with E-state index in [-0.39, 0.29) is 11.8 Å². The number of aryl methyl sites for hydroxylation is 1. The van der Waals surface area contributed by atoms with Crippen molar-refractivity contribution in [2.24, 2.45) is 0 Å². The van der Waals surface area contributed by atoms with Gasteiger partial charge in [0.15, 0.2) is 0 Å². The molecule has 0 radical (unpaired) electrons. The molecule has 0 spiro atoms. The zero-order valence-electron chi connectivity index (χ0n) is 13.6. The van der Waals surface area contributed by atoms with Crippen LogP contribution in [0.5, 0.6) is 5.75 Å². The monoisotopic (exact) mass is 317 g/mol. The summed E-state index contributed by atoms with van der Waals surface area (Å²) in [6, 6.07) is 5.05. The second-order valence-corrected chi connectivity index (χ2v) is 6.45. The third-order valence-electron chi connectivity index (χ3n) is 4.81. The van der Waals surface area contributed by atoms with E-state index in [2.05, 4.69) is 4.90 Å². The van der Waals surface area contributed by atoms with Crippen LogP contribution in [0.25, 0.3) is 11.0 Å². The second kappa shape index (κ2) is 6.34. The summed E-state index contributed by atoms with van der Waals surface area (Å²) >= 11 is 0. The average Bonchev–Trinajstić information content (AvgIpc) is 2.51. The van der Waals surface area contributed by atoms with E-state index in [0.717, 1.165) is 36.8 Å². The van der Waals surface area contributed by atoms with Crippen molar-refractivity contribution < 1.29 is 14.6 Å². The summed E-state index contributed by atoms with van der Waals surface area (Å²) < 4.78 is 5.29. The first-order valence-corrected chi connectivity index (χ1v) is 8.15. The van der Waals surface area contributed by atoms with Gasteiger partial charge in [-0.1, -0.05) is 6.42 Å². The molecular formula is C18H23NO4. The number of nitrogens with zero attached hydrogens (tertiary/aromatic N) is 1. The van der Waals surface area contributed by atoms with Crippen LogP contribution >= 0.6 is 0 Å². The molecule has 124 valence electrons. The minimum Gasteiger partial charge on any atom is -0.508 e. The van der Waals surface area contributed by atoms with E-state index in [4.69, 9.17) is 4.42 Å². The van der Waals surface area contributed by atoms with Crippen LogP contribution in [0.4, 0.5) is 0 Å². The molecule has 0 bridgehead atoms. The maximum atomic E-state index is 11.9. The number of hydrogen-bond acceptors (Lipinski definition) is 5. The highest BCUT2D eigenvalue weighted by Gasteiger charge is 2.27. The Labute approximate surface area is 135 Å². The van der Waals surface area contributed by atoms with Crippen molar-refractivity contribution in [1.29, 1.82) is 0 Å². The SMILES string of the molecule is Cc1c(O)ccc2c(CN3CCCCC3C(C)O)cc(=O)oc12. The highest BCUT2D eigenvalue weighted by molar-refractivity contribution is 5.84. The maximum absolute atomic E-state index is 11.9. The van der Waals surface area contributed by atoms with E-state index >= 15 is 0 Å². The van der Waals surface area contributed by atoms with Gasteiger partial charge in [-0.2, -0.15) is 0 Å². The minimum absolute atomic E-state index is 0.115. The van der Waals surface area contributed by atoms with Crippen molar-refractivity contribution in [2.75, 3.05) is 6.54 Å². The number of aliphatic hydroxyl groups excluding tert-OH is 1. The number of hydrogen-bond donors (Lipinski definition) is 2. The van der Waals surface area contributed by atoms with Gasteiger partial charge < -0.3 is 14.6 Å². The smallest absolute Gasteiger partial charge is 0.336 e. The lowest BCUT2D eigenvalue weighted by Gasteiger charge is -2.37. The number of aromatic hydroxyl groups is 1. The quantitative estimate of drug-likeness (QED) is 0.851. The van der Waals surface area contributed by atoms with Gasteiger partial charge in [0.1, 0.15) is 11.3 Å². The standard InChI is InChI=1S/C18H23NO4/c1-11-16(21)7-6-14-13(9-17(22)23-18(11)14)10-19-8-4-3-5-15(19)12(2)20/h6-7,9,12,15,20-21H,3-5,8,10H2,1-2H3. The van der Waals surface area contributed by atoms with Crippen molar-refractivity contribution >= 4 is 11.0 Å². The fourth-order valence-electron chi connectivity index (χ4n) is 3.52. The molecule has 2 atom stereocenters. The molecule has 2 heterocycles. The third-order valence-corrected chi connectivity index (χ3v) is 4.81. The number of phenolic OH excluding ortho intramolecular Hbond substituents is 1. The number of fused-ring (bicyclic) bond motifs is 1. The predicted octanol–water partition coefficient (Wildman–Crippen LogP) is 2.54. The van der Waals surface area contributed by atoms with E-state index in [9.17, 15) is 15.0 Å². The van der Waals surface area contributed by atoms with E-state index in [0.29, 0.717) is 17.7 Å². The van der Waals surface area contributed by atoms with Crippen molar-refractivity contribution in [2.45, 2.75) is 51.8 Å². The highest BCUT2D eigenvalue weighted by atomic mass is 16.4. The van der Waals surface area contributed by atoms with Crippen molar-refractivity contribution in [3.63, 3.8) is 0 Å². The minimum atomic E-state index is -0.410. The summed E-state index contributed by atoms with van der Waals surface area (Å²) in [6.45, 7) is 5.07. The Balaban J connectivity index is 2.02. The van der Waals surface area contributed by atoms with Gasteiger partial charge in [-0.15, -0.1) is 0 Å². The number of piperidine rings is 1. The van der Waals surface area contributed by atoms with E-state index < -0.39 is 11.7 Å². The highest BCUT2D eigenvalue weighted by Crippen LogP contribution is 2.29. The molecule has 1 saturated heterocycles. The molecule has 3 rings (SSSR count). The number of rotatable bonds is 3. The van der Waals surface area contributed by atoms with Crippen LogP contribution in [0.15, 0.2) is 27.4 Å². The van der Waals surface area contributed by atoms with Gasteiger partial charge in [-0.05, 0) is 50.9 Å². The van der Waals surface area contributed by atoms with Gasteiger partial charge in [0.25, 0.3) is 0 Å². The molecule has 1 aromatic carbocycles. The molecular weight excluding hydrogens is 294 g/mol. The molecule has 2 N–H and O–H groups in total. The first-order valence-electron chi connectivity index (χ1n) is 8.15. The van der Waals surface area contributed by atoms with Gasteiger partial charge in [0.05, 0.1) is 6.10 Å². The molecule has 1 aromatic heterocycles. The Morgan fingerprint density at radius 2 is 2.17 bits per heavy atom. The Bertz CT molecular complexity index is 765. The summed E-state index contributed by atoms with van der Waals surface area (Å²) in [5, 5.41) is 20.7. The molecule has 1 aliphatic rings. The van der Waals surface area contributed by atoms with Crippen molar-refractivity contribution in [3.05, 3.63) is 39.7 Å². The van der Waals surface area contributed by atoms with Crippen molar-refractivity contribution in [1.82, 2.24) is 4.90 Å². The fourth-order valence-corrected chi connectivity index (χ4v) is 3.52. The van der Waals surface area contributed by atoms with Crippen LogP contribution in [0, 0.1) is 6.92 Å². The van der Waals surface area contributed by atoms with Crippen molar-refractivity contribution in [3.8, 4) is 5.75 Å². The van der Waals surface area contributed by atoms with Gasteiger partial charge in [0, 0.05) is 29.6 Å². The first-order chi connectivity index (χ1) is 11.0. The molecule has 1 fully saturated rings. The van der Waals surface area contributed by atoms with Crippen LogP contribution in [0.2, 0.25) is 0 Å². The summed E-state index contributed by atoms with van der Waals surface area (Å²) in [5.74, 6) is 0.123. The Morgan fingerprint density at radius 3 is 2.91 bits per heavy atom. The van der Waals surface area contributed by atoms with E-state index in [1.807, 2.05) is 6.92 Å². The Hall–Kier alpha value is -1.85. The Kier molecular flexibility index (Phi) is 4.41. The summed E-state index contributed by atoms with van der Waals surface area (Å²) in [7, 11) is 0. The third kappa shape index (κ3) is 3.12. The topological polar surface area (TPSA) is 73.9 Å². The number of aliphatic hydroxyl groups is 1. The predicted molar refractivity (Wildman–Crippen MR) is 88.6 cm³/mol. The molecule has 1 aliphatic heterocycles. The van der Waals surface area contributed by atoms with E-state index in [1.165, 1.54) is 6.07 Å². The van der Waals surface area contributed by atoms with Crippen LogP contribution in [0.1, 0.15) is 37.3 Å². The lowest BCUT2D eigenvalue weighted by Crippen LogP contribution is -2.45. The molecule has 0 aliphatic carbocycles. The fraction of sp³-hybridized carbons (Fsp3) is 0.500. The molecule has 0 amide bonds. The zero-order valence-corrected chi connectivity index (χ0v) is 13.6. The number of likely N-dealkylation sites (tertiary alicyclic amines) is 1. The summed E-state index contributed by atoms with van der Waals surface area (Å²) in [5.41, 5.74) is 1.49. The lowest BCUT2D eigenvalue weighted by atomic mass is 9.96. The zero-order chi connectivity index (χ0) is 16.6. The van der Waals surface area contributed by atoms with Gasteiger partial charge >= 0.3 is 5.63 Å². The second-order valence-electron chi connectivity index (χ2n) is 6.45. The van der Waals surface area contributed by atoms with Gasteiger partial charge in [0.2, 0.25) is 0 Å². The Morgan fingerprint density at radius 1 is 1.39 bits per heavy atom. The summed E-state index contributed by atoms with van der Waals surface area (Å²) in [6.07, 6.45) is 2.79. The first kappa shape index (κ1) is 16.0. The molecule has 23 heavy (non-hydrogen) atoms. The molecule has 5 heteroatoms. The van der Waals surface area contributed by atoms with Crippen LogP contribution < -0.4 is 5.63 Å². The van der Waals surface area contributed by atoms with Crippen LogP contribution in [0.3, 0.4) is 0 Å².